The number of hydrogen-bond acceptors (Lipinski definition) is 3. The van der Waals surface area contributed by atoms with Gasteiger partial charge in [0, 0.05) is 29.5 Å². The molecule has 0 atom stereocenters. The Balaban J connectivity index is 2.03. The number of ketones is 1. The second kappa shape index (κ2) is 9.20. The molecule has 2 N–H and O–H groups in total. The van der Waals surface area contributed by atoms with Crippen molar-refractivity contribution in [3.05, 3.63) is 82.9 Å². The van der Waals surface area contributed by atoms with Crippen LogP contribution in [0.4, 0.5) is 37.7 Å². The molecule has 0 aliphatic carbocycles. The molecule has 3 aromatic carbocycles. The van der Waals surface area contributed by atoms with Crippen LogP contribution in [0.2, 0.25) is 0 Å². The highest BCUT2D eigenvalue weighted by Crippen LogP contribution is 2.44. The van der Waals surface area contributed by atoms with E-state index in [2.05, 4.69) is 10.6 Å². The van der Waals surface area contributed by atoms with Crippen LogP contribution in [-0.4, -0.2) is 18.7 Å². The number of carbonyl (C=O) groups is 2. The molecule has 0 radical (unpaired) electrons. The Bertz CT molecular complexity index is 1230. The molecule has 0 saturated heterocycles. The predicted octanol–water partition coefficient (Wildman–Crippen LogP) is 6.89. The van der Waals surface area contributed by atoms with Gasteiger partial charge in [0.15, 0.2) is 5.78 Å². The zero-order valence-electron chi connectivity index (χ0n) is 17.9. The van der Waals surface area contributed by atoms with Crippen LogP contribution in [0.15, 0.2) is 60.7 Å². The summed E-state index contributed by atoms with van der Waals surface area (Å²) in [6, 6.07) is 11.0. The monoisotopic (exact) mass is 480 g/mol. The molecule has 4 nitrogen and oxygen atoms in total. The molecule has 0 fully saturated rings. The lowest BCUT2D eigenvalue weighted by Crippen LogP contribution is -2.15. The topological polar surface area (TPSA) is 58.2 Å². The highest BCUT2D eigenvalue weighted by atomic mass is 19.4. The summed E-state index contributed by atoms with van der Waals surface area (Å²) >= 11 is 0. The fraction of sp³-hybridized carbons (Fsp3) is 0.167. The Hall–Kier alpha value is -3.82. The average molecular weight is 480 g/mol. The largest absolute Gasteiger partial charge is 0.417 e. The maximum absolute atomic E-state index is 13.8. The van der Waals surface area contributed by atoms with Gasteiger partial charge in [0.25, 0.3) is 5.91 Å². The lowest BCUT2D eigenvalue weighted by atomic mass is 9.93. The second-order valence-electron chi connectivity index (χ2n) is 7.35. The highest BCUT2D eigenvalue weighted by Gasteiger charge is 2.38. The van der Waals surface area contributed by atoms with Gasteiger partial charge >= 0.3 is 12.4 Å². The van der Waals surface area contributed by atoms with E-state index in [0.717, 1.165) is 24.3 Å². The molecule has 0 saturated carbocycles. The van der Waals surface area contributed by atoms with Gasteiger partial charge in [-0.05, 0) is 54.4 Å². The first-order chi connectivity index (χ1) is 15.8. The summed E-state index contributed by atoms with van der Waals surface area (Å²) in [5.74, 6) is -0.969. The van der Waals surface area contributed by atoms with E-state index in [-0.39, 0.29) is 22.7 Å². The van der Waals surface area contributed by atoms with Gasteiger partial charge in [0.05, 0.1) is 11.1 Å². The second-order valence-corrected chi connectivity index (χ2v) is 7.35. The molecule has 0 aromatic heterocycles. The van der Waals surface area contributed by atoms with Crippen LogP contribution in [0.25, 0.3) is 11.1 Å². The summed E-state index contributed by atoms with van der Waals surface area (Å²) in [7, 11) is 1.39. The number of amides is 1. The molecule has 0 heterocycles. The molecule has 0 unspecified atom stereocenters. The van der Waals surface area contributed by atoms with Gasteiger partial charge in [-0.2, -0.15) is 26.3 Å². The normalized spacial score (nSPS) is 11.8. The van der Waals surface area contributed by atoms with Crippen molar-refractivity contribution in [1.29, 1.82) is 0 Å². The van der Waals surface area contributed by atoms with Crippen LogP contribution in [0.5, 0.6) is 0 Å². The molecule has 34 heavy (non-hydrogen) atoms. The van der Waals surface area contributed by atoms with Gasteiger partial charge in [0.1, 0.15) is 0 Å². The quantitative estimate of drug-likeness (QED) is 0.309. The molecule has 3 aromatic rings. The zero-order valence-corrected chi connectivity index (χ0v) is 17.9. The van der Waals surface area contributed by atoms with Crippen LogP contribution >= 0.6 is 0 Å². The number of hydrogen-bond donors (Lipinski definition) is 2. The number of benzene rings is 3. The Labute approximate surface area is 190 Å². The number of carbonyl (C=O) groups excluding carboxylic acids is 2. The third-order valence-corrected chi connectivity index (χ3v) is 5.04. The lowest BCUT2D eigenvalue weighted by molar-refractivity contribution is -0.139. The number of rotatable bonds is 5. The number of alkyl halides is 6. The third-order valence-electron chi connectivity index (χ3n) is 5.04. The Morgan fingerprint density at radius 3 is 1.56 bits per heavy atom. The van der Waals surface area contributed by atoms with Gasteiger partial charge in [0.2, 0.25) is 0 Å². The summed E-state index contributed by atoms with van der Waals surface area (Å²) in [6.07, 6.45) is -9.90. The van der Waals surface area contributed by atoms with E-state index >= 15 is 0 Å². The third kappa shape index (κ3) is 5.38. The van der Waals surface area contributed by atoms with Crippen molar-refractivity contribution in [3.8, 4) is 11.1 Å². The first-order valence-corrected chi connectivity index (χ1v) is 9.84. The molecule has 0 aliphatic rings. The van der Waals surface area contributed by atoms with Crippen LogP contribution in [-0.2, 0) is 12.4 Å². The van der Waals surface area contributed by atoms with E-state index in [9.17, 15) is 35.9 Å². The molecular weight excluding hydrogens is 462 g/mol. The molecule has 0 spiro atoms. The van der Waals surface area contributed by atoms with Gasteiger partial charge in [-0.1, -0.05) is 24.3 Å². The first-order valence-electron chi connectivity index (χ1n) is 9.84. The molecule has 178 valence electrons. The van der Waals surface area contributed by atoms with Crippen molar-refractivity contribution < 1.29 is 35.9 Å². The van der Waals surface area contributed by atoms with Crippen molar-refractivity contribution >= 4 is 23.1 Å². The van der Waals surface area contributed by atoms with E-state index < -0.39 is 40.5 Å². The van der Waals surface area contributed by atoms with Gasteiger partial charge in [-0.3, -0.25) is 9.59 Å². The summed E-state index contributed by atoms with van der Waals surface area (Å²) in [5, 5.41) is 4.84. The fourth-order valence-electron chi connectivity index (χ4n) is 3.32. The Morgan fingerprint density at radius 2 is 1.12 bits per heavy atom. The summed E-state index contributed by atoms with van der Waals surface area (Å²) in [4.78, 5) is 23.8. The smallest absolute Gasteiger partial charge is 0.388 e. The fourth-order valence-corrected chi connectivity index (χ4v) is 3.32. The molecular formula is C24H18F6N2O2. The minimum absolute atomic E-state index is 0.0873. The molecule has 1 amide bonds. The summed E-state index contributed by atoms with van der Waals surface area (Å²) < 4.78 is 82.3. The number of nitrogens with one attached hydrogen (secondary N) is 2. The van der Waals surface area contributed by atoms with Crippen LogP contribution in [0.1, 0.15) is 38.8 Å². The average Bonchev–Trinajstić information content (AvgIpc) is 2.77. The summed E-state index contributed by atoms with van der Waals surface area (Å²) in [5.41, 5.74) is -3.61. The van der Waals surface area contributed by atoms with E-state index in [0.29, 0.717) is 11.6 Å². The highest BCUT2D eigenvalue weighted by molar-refractivity contribution is 6.05. The Kier molecular flexibility index (Phi) is 6.72. The summed E-state index contributed by atoms with van der Waals surface area (Å²) in [6.45, 7) is 1.34. The minimum Gasteiger partial charge on any atom is -0.388 e. The van der Waals surface area contributed by atoms with Crippen molar-refractivity contribution in [2.24, 2.45) is 0 Å². The van der Waals surface area contributed by atoms with Crippen LogP contribution in [0.3, 0.4) is 0 Å². The van der Waals surface area contributed by atoms with Crippen LogP contribution < -0.4 is 10.6 Å². The maximum atomic E-state index is 13.8. The van der Waals surface area contributed by atoms with Crippen LogP contribution in [0, 0.1) is 0 Å². The molecule has 3 rings (SSSR count). The standard InChI is InChI=1S/C24H18F6N2O2/c1-13(33)14-3-5-15(6-4-14)22(34)32-17-8-10-19(21(12-17)24(28,29)30)18-9-7-16(31-2)11-20(18)23(25,26)27/h3-12,31H,1-2H3,(H,32,34). The molecule has 0 bridgehead atoms. The number of anilines is 2. The SMILES string of the molecule is CNc1ccc(-c2ccc(NC(=O)c3ccc(C(C)=O)cc3)cc2C(F)(F)F)c(C(F)(F)F)c1. The minimum atomic E-state index is -5.00. The Morgan fingerprint density at radius 1 is 0.676 bits per heavy atom. The van der Waals surface area contributed by atoms with E-state index in [1.165, 1.54) is 44.3 Å². The number of Topliss-reactive ketones (excluding diaryl/α,β-unsaturated/α-hetero) is 1. The number of halogens is 6. The van der Waals surface area contributed by atoms with Crippen molar-refractivity contribution in [2.45, 2.75) is 19.3 Å². The zero-order chi connectivity index (χ0) is 25.3. The lowest BCUT2D eigenvalue weighted by Gasteiger charge is -2.19. The van der Waals surface area contributed by atoms with Crippen molar-refractivity contribution in [3.63, 3.8) is 0 Å². The van der Waals surface area contributed by atoms with E-state index in [4.69, 9.17) is 0 Å². The van der Waals surface area contributed by atoms with E-state index in [1.54, 1.807) is 0 Å². The van der Waals surface area contributed by atoms with E-state index in [1.807, 2.05) is 0 Å². The van der Waals surface area contributed by atoms with Gasteiger partial charge in [-0.25, -0.2) is 0 Å². The van der Waals surface area contributed by atoms with Gasteiger partial charge in [-0.15, -0.1) is 0 Å². The van der Waals surface area contributed by atoms with Crippen molar-refractivity contribution in [2.75, 3.05) is 17.7 Å². The van der Waals surface area contributed by atoms with Gasteiger partial charge < -0.3 is 10.6 Å². The van der Waals surface area contributed by atoms with Crippen molar-refractivity contribution in [1.82, 2.24) is 0 Å². The first kappa shape index (κ1) is 24.8. The maximum Gasteiger partial charge on any atom is 0.417 e. The molecule has 10 heteroatoms. The predicted molar refractivity (Wildman–Crippen MR) is 116 cm³/mol. The molecule has 0 aliphatic heterocycles.